The van der Waals surface area contributed by atoms with Crippen molar-refractivity contribution in [1.29, 1.82) is 0 Å². The average molecular weight is 293 g/mol. The van der Waals surface area contributed by atoms with Gasteiger partial charge in [0.1, 0.15) is 11.6 Å². The van der Waals surface area contributed by atoms with Crippen molar-refractivity contribution >= 4 is 23.6 Å². The summed E-state index contributed by atoms with van der Waals surface area (Å²) in [5, 5.41) is 8.96. The molecule has 0 spiro atoms. The molecular formula is C15H10ClFO3. The number of carbonyl (C=O) groups is 1. The zero-order chi connectivity index (χ0) is 14.5. The number of para-hydroxylation sites is 1. The highest BCUT2D eigenvalue weighted by Crippen LogP contribution is 2.33. The van der Waals surface area contributed by atoms with Gasteiger partial charge in [0.2, 0.25) is 0 Å². The summed E-state index contributed by atoms with van der Waals surface area (Å²) in [5.41, 5.74) is 0.490. The van der Waals surface area contributed by atoms with E-state index >= 15 is 0 Å². The molecule has 102 valence electrons. The molecule has 2 aromatic carbocycles. The summed E-state index contributed by atoms with van der Waals surface area (Å²) in [7, 11) is 0. The van der Waals surface area contributed by atoms with Crippen LogP contribution in [0.3, 0.4) is 0 Å². The summed E-state index contributed by atoms with van der Waals surface area (Å²) in [6, 6.07) is 10.5. The lowest BCUT2D eigenvalue weighted by atomic mass is 10.2. The molecule has 2 aromatic rings. The van der Waals surface area contributed by atoms with Crippen molar-refractivity contribution in [2.75, 3.05) is 0 Å². The minimum absolute atomic E-state index is 0.275. The van der Waals surface area contributed by atoms with Crippen LogP contribution in [0.1, 0.15) is 5.56 Å². The molecule has 3 nitrogen and oxygen atoms in total. The average Bonchev–Trinajstić information content (AvgIpc) is 2.39. The molecule has 20 heavy (non-hydrogen) atoms. The molecular weight excluding hydrogens is 283 g/mol. The Morgan fingerprint density at radius 1 is 1.25 bits per heavy atom. The third-order valence-corrected chi connectivity index (χ3v) is 2.72. The largest absolute Gasteiger partial charge is 0.478 e. The Hall–Kier alpha value is -2.33. The van der Waals surface area contributed by atoms with Crippen molar-refractivity contribution < 1.29 is 19.0 Å². The van der Waals surface area contributed by atoms with Gasteiger partial charge in [0.05, 0.1) is 5.02 Å². The second-order valence-electron chi connectivity index (χ2n) is 3.89. The van der Waals surface area contributed by atoms with E-state index in [9.17, 15) is 9.18 Å². The Morgan fingerprint density at radius 2 is 2.00 bits per heavy atom. The van der Waals surface area contributed by atoms with Crippen LogP contribution >= 0.6 is 11.6 Å². The normalized spacial score (nSPS) is 10.7. The number of halogens is 2. The van der Waals surface area contributed by atoms with E-state index in [1.54, 1.807) is 24.3 Å². The van der Waals surface area contributed by atoms with Crippen LogP contribution in [0.25, 0.3) is 6.08 Å². The number of hydrogen-bond donors (Lipinski definition) is 1. The SMILES string of the molecule is O=C(O)/C=C/c1cccc(Cl)c1Oc1cccc(F)c1. The van der Waals surface area contributed by atoms with Gasteiger partial charge >= 0.3 is 5.97 Å². The van der Waals surface area contributed by atoms with Crippen LogP contribution < -0.4 is 4.74 Å². The molecule has 2 rings (SSSR count). The van der Waals surface area contributed by atoms with Gasteiger partial charge < -0.3 is 9.84 Å². The van der Waals surface area contributed by atoms with Crippen molar-refractivity contribution in [3.05, 3.63) is 64.9 Å². The van der Waals surface area contributed by atoms with E-state index in [-0.39, 0.29) is 11.5 Å². The Kier molecular flexibility index (Phi) is 4.38. The summed E-state index contributed by atoms with van der Waals surface area (Å²) in [5.74, 6) is -0.959. The first-order valence-corrected chi connectivity index (χ1v) is 6.07. The van der Waals surface area contributed by atoms with Crippen LogP contribution in [0.5, 0.6) is 11.5 Å². The highest BCUT2D eigenvalue weighted by molar-refractivity contribution is 6.32. The van der Waals surface area contributed by atoms with Crippen LogP contribution in [0.2, 0.25) is 5.02 Å². The molecule has 0 atom stereocenters. The molecule has 0 fully saturated rings. The highest BCUT2D eigenvalue weighted by Gasteiger charge is 2.08. The Balaban J connectivity index is 2.37. The molecule has 0 aliphatic rings. The topological polar surface area (TPSA) is 46.5 Å². The van der Waals surface area contributed by atoms with Crippen LogP contribution in [0, 0.1) is 5.82 Å². The molecule has 0 saturated heterocycles. The lowest BCUT2D eigenvalue weighted by molar-refractivity contribution is -0.131. The fourth-order valence-corrected chi connectivity index (χ4v) is 1.79. The van der Waals surface area contributed by atoms with E-state index in [0.29, 0.717) is 10.6 Å². The van der Waals surface area contributed by atoms with E-state index in [2.05, 4.69) is 0 Å². The third-order valence-electron chi connectivity index (χ3n) is 2.42. The molecule has 0 aromatic heterocycles. The first-order chi connectivity index (χ1) is 9.56. The van der Waals surface area contributed by atoms with E-state index in [4.69, 9.17) is 21.4 Å². The highest BCUT2D eigenvalue weighted by atomic mass is 35.5. The minimum Gasteiger partial charge on any atom is -0.478 e. The lowest BCUT2D eigenvalue weighted by Gasteiger charge is -2.10. The first-order valence-electron chi connectivity index (χ1n) is 5.69. The third kappa shape index (κ3) is 3.59. The van der Waals surface area contributed by atoms with Crippen LogP contribution in [0.4, 0.5) is 4.39 Å². The summed E-state index contributed by atoms with van der Waals surface area (Å²) in [6.45, 7) is 0. The molecule has 0 radical (unpaired) electrons. The van der Waals surface area contributed by atoms with E-state index in [1.807, 2.05) is 0 Å². The Morgan fingerprint density at radius 3 is 2.70 bits per heavy atom. The van der Waals surface area contributed by atoms with Gasteiger partial charge in [-0.15, -0.1) is 0 Å². The van der Waals surface area contributed by atoms with E-state index < -0.39 is 11.8 Å². The molecule has 1 N–H and O–H groups in total. The van der Waals surface area contributed by atoms with Crippen molar-refractivity contribution in [1.82, 2.24) is 0 Å². The fourth-order valence-electron chi connectivity index (χ4n) is 1.57. The summed E-state index contributed by atoms with van der Waals surface area (Å²) in [6.07, 6.45) is 2.34. The van der Waals surface area contributed by atoms with E-state index in [0.717, 1.165) is 6.08 Å². The smallest absolute Gasteiger partial charge is 0.328 e. The van der Waals surface area contributed by atoms with Crippen molar-refractivity contribution in [3.8, 4) is 11.5 Å². The second-order valence-corrected chi connectivity index (χ2v) is 4.30. The summed E-state index contributed by atoms with van der Waals surface area (Å²) >= 11 is 6.03. The summed E-state index contributed by atoms with van der Waals surface area (Å²) < 4.78 is 18.7. The molecule has 5 heteroatoms. The van der Waals surface area contributed by atoms with Gasteiger partial charge in [-0.1, -0.05) is 29.8 Å². The lowest BCUT2D eigenvalue weighted by Crippen LogP contribution is -1.91. The second kappa shape index (κ2) is 6.21. The Labute approximate surface area is 119 Å². The van der Waals surface area contributed by atoms with Gasteiger partial charge in [-0.25, -0.2) is 9.18 Å². The summed E-state index contributed by atoms with van der Waals surface area (Å²) in [4.78, 5) is 10.6. The number of rotatable bonds is 4. The van der Waals surface area contributed by atoms with Gasteiger partial charge in [-0.3, -0.25) is 0 Å². The molecule has 0 unspecified atom stereocenters. The van der Waals surface area contributed by atoms with Gasteiger partial charge in [0, 0.05) is 17.7 Å². The number of ether oxygens (including phenoxy) is 1. The van der Waals surface area contributed by atoms with Gasteiger partial charge in [0.25, 0.3) is 0 Å². The molecule has 0 bridgehead atoms. The Bertz CT molecular complexity index is 668. The van der Waals surface area contributed by atoms with Gasteiger partial charge in [0.15, 0.2) is 5.75 Å². The quantitative estimate of drug-likeness (QED) is 0.851. The van der Waals surface area contributed by atoms with Gasteiger partial charge in [-0.05, 0) is 24.3 Å². The minimum atomic E-state index is -1.08. The predicted octanol–water partition coefficient (Wildman–Crippen LogP) is 4.37. The maximum atomic E-state index is 13.1. The number of carboxylic acids is 1. The van der Waals surface area contributed by atoms with E-state index in [1.165, 1.54) is 24.3 Å². The molecule has 0 amide bonds. The number of hydrogen-bond acceptors (Lipinski definition) is 2. The standard InChI is InChI=1S/C15H10ClFO3/c16-13-6-1-3-10(7-8-14(18)19)15(13)20-12-5-2-4-11(17)9-12/h1-9H,(H,18,19)/b8-7+. The maximum absolute atomic E-state index is 13.1. The molecule has 0 aliphatic heterocycles. The zero-order valence-corrected chi connectivity index (χ0v) is 11.0. The number of aliphatic carboxylic acids is 1. The van der Waals surface area contributed by atoms with Crippen molar-refractivity contribution in [2.24, 2.45) is 0 Å². The van der Waals surface area contributed by atoms with Crippen molar-refractivity contribution in [2.45, 2.75) is 0 Å². The van der Waals surface area contributed by atoms with Gasteiger partial charge in [-0.2, -0.15) is 0 Å². The maximum Gasteiger partial charge on any atom is 0.328 e. The predicted molar refractivity (Wildman–Crippen MR) is 74.6 cm³/mol. The molecule has 0 aliphatic carbocycles. The van der Waals surface area contributed by atoms with Crippen LogP contribution in [-0.2, 0) is 4.79 Å². The monoisotopic (exact) mass is 292 g/mol. The van der Waals surface area contributed by atoms with Crippen LogP contribution in [-0.4, -0.2) is 11.1 Å². The zero-order valence-electron chi connectivity index (χ0n) is 10.2. The first kappa shape index (κ1) is 14.1. The number of benzene rings is 2. The fraction of sp³-hybridized carbons (Fsp3) is 0. The van der Waals surface area contributed by atoms with Crippen molar-refractivity contribution in [3.63, 3.8) is 0 Å². The number of carboxylic acid groups (broad SMARTS) is 1. The molecule has 0 heterocycles. The molecule has 0 saturated carbocycles. The van der Waals surface area contributed by atoms with Crippen LogP contribution in [0.15, 0.2) is 48.5 Å².